The topological polar surface area (TPSA) is 93.9 Å². The highest BCUT2D eigenvalue weighted by Gasteiger charge is 2.30. The lowest BCUT2D eigenvalue weighted by Gasteiger charge is -2.40. The number of thioether (sulfide) groups is 1. The van der Waals surface area contributed by atoms with Crippen molar-refractivity contribution in [3.05, 3.63) is 40.6 Å². The molecule has 0 bridgehead atoms. The van der Waals surface area contributed by atoms with E-state index in [2.05, 4.69) is 20.5 Å². The zero-order chi connectivity index (χ0) is 15.5. The number of anilines is 1. The minimum Gasteiger partial charge on any atom is -0.379 e. The third-order valence-corrected chi connectivity index (χ3v) is 4.12. The Morgan fingerprint density at radius 1 is 1.41 bits per heavy atom. The van der Waals surface area contributed by atoms with E-state index in [-0.39, 0.29) is 29.2 Å². The molecule has 0 spiro atoms. The molecule has 1 aliphatic heterocycles. The van der Waals surface area contributed by atoms with Gasteiger partial charge < -0.3 is 10.2 Å². The van der Waals surface area contributed by atoms with Crippen LogP contribution < -0.4 is 11.0 Å². The van der Waals surface area contributed by atoms with Crippen molar-refractivity contribution in [3.8, 4) is 0 Å². The lowest BCUT2D eigenvalue weighted by molar-refractivity contribution is -0.132. The van der Waals surface area contributed by atoms with Crippen LogP contribution in [0.3, 0.4) is 0 Å². The van der Waals surface area contributed by atoms with Crippen molar-refractivity contribution >= 4 is 23.4 Å². The molecular weight excluding hydrogens is 309 g/mol. The van der Waals surface area contributed by atoms with Crippen LogP contribution in [0.15, 0.2) is 34.2 Å². The minimum absolute atomic E-state index is 0.00833. The predicted octanol–water partition coefficient (Wildman–Crippen LogP) is 0.652. The predicted molar refractivity (Wildman–Crippen MR) is 80.3 cm³/mol. The van der Waals surface area contributed by atoms with E-state index in [1.165, 1.54) is 23.9 Å². The van der Waals surface area contributed by atoms with Crippen LogP contribution in [0.1, 0.15) is 0 Å². The highest BCUT2D eigenvalue weighted by molar-refractivity contribution is 7.99. The van der Waals surface area contributed by atoms with Crippen LogP contribution in [0.4, 0.5) is 10.1 Å². The molecule has 7 nitrogen and oxygen atoms in total. The zero-order valence-electron chi connectivity index (χ0n) is 11.5. The van der Waals surface area contributed by atoms with E-state index in [0.29, 0.717) is 18.2 Å². The number of hydrogen-bond donors (Lipinski definition) is 3. The number of hydrogen-bond acceptors (Lipinski definition) is 5. The molecule has 1 saturated heterocycles. The molecule has 1 aromatic carbocycles. The van der Waals surface area contributed by atoms with Gasteiger partial charge in [0.15, 0.2) is 5.16 Å². The molecule has 2 aromatic rings. The summed E-state index contributed by atoms with van der Waals surface area (Å²) in [6, 6.07) is 6.30. The maximum Gasteiger partial charge on any atom is 0.341 e. The quantitative estimate of drug-likeness (QED) is 0.703. The van der Waals surface area contributed by atoms with Crippen LogP contribution in [-0.4, -0.2) is 50.9 Å². The molecule has 1 amide bonds. The average Bonchev–Trinajstić information content (AvgIpc) is 2.87. The molecule has 2 heterocycles. The van der Waals surface area contributed by atoms with Gasteiger partial charge in [-0.05, 0) is 24.3 Å². The van der Waals surface area contributed by atoms with Crippen molar-refractivity contribution in [2.75, 3.05) is 24.2 Å². The van der Waals surface area contributed by atoms with Crippen molar-refractivity contribution in [3.63, 3.8) is 0 Å². The number of nitrogens with zero attached hydrogens (tertiary/aromatic N) is 2. The van der Waals surface area contributed by atoms with Crippen LogP contribution >= 0.6 is 11.8 Å². The van der Waals surface area contributed by atoms with Gasteiger partial charge in [-0.3, -0.25) is 9.78 Å². The number of aromatic amines is 2. The molecule has 22 heavy (non-hydrogen) atoms. The largest absolute Gasteiger partial charge is 0.379 e. The Morgan fingerprint density at radius 2 is 2.14 bits per heavy atom. The van der Waals surface area contributed by atoms with Gasteiger partial charge >= 0.3 is 5.69 Å². The lowest BCUT2D eigenvalue weighted by Crippen LogP contribution is -2.57. The Kier molecular flexibility index (Phi) is 4.14. The summed E-state index contributed by atoms with van der Waals surface area (Å²) < 4.78 is 12.8. The van der Waals surface area contributed by atoms with E-state index < -0.39 is 0 Å². The number of carbonyl (C=O) groups excluding carboxylic acids is 1. The maximum absolute atomic E-state index is 12.8. The molecule has 9 heteroatoms. The standard InChI is InChI=1S/C13H14FN5O2S/c14-8-1-3-9(4-2-8)15-10-5-19(6-10)11(20)7-22-13-16-12(21)17-18-13/h1-4,10,15H,5-7H2,(H2,16,17,18,21). The summed E-state index contributed by atoms with van der Waals surface area (Å²) in [5, 5.41) is 9.61. The average molecular weight is 323 g/mol. The van der Waals surface area contributed by atoms with Crippen molar-refractivity contribution < 1.29 is 9.18 Å². The number of carbonyl (C=O) groups is 1. The molecule has 0 atom stereocenters. The zero-order valence-corrected chi connectivity index (χ0v) is 12.3. The second kappa shape index (κ2) is 6.22. The van der Waals surface area contributed by atoms with Crippen LogP contribution in [0.2, 0.25) is 0 Å². The normalized spacial score (nSPS) is 14.7. The summed E-state index contributed by atoms with van der Waals surface area (Å²) in [5.41, 5.74) is 0.449. The first-order chi connectivity index (χ1) is 10.6. The van der Waals surface area contributed by atoms with Gasteiger partial charge in [0, 0.05) is 18.8 Å². The molecule has 1 aromatic heterocycles. The molecule has 3 rings (SSSR count). The Morgan fingerprint density at radius 3 is 2.77 bits per heavy atom. The summed E-state index contributed by atoms with van der Waals surface area (Å²) in [5.74, 6) is -0.0558. The summed E-state index contributed by atoms with van der Waals surface area (Å²) >= 11 is 1.18. The van der Waals surface area contributed by atoms with Gasteiger partial charge in [0.1, 0.15) is 5.82 Å². The Hall–Kier alpha value is -2.29. The van der Waals surface area contributed by atoms with E-state index in [4.69, 9.17) is 0 Å². The number of halogens is 1. The van der Waals surface area contributed by atoms with Gasteiger partial charge in [0.2, 0.25) is 5.91 Å². The van der Waals surface area contributed by atoms with Gasteiger partial charge in [0.25, 0.3) is 0 Å². The number of H-pyrrole nitrogens is 2. The van der Waals surface area contributed by atoms with Gasteiger partial charge in [-0.2, -0.15) is 0 Å². The van der Waals surface area contributed by atoms with Crippen molar-refractivity contribution in [2.45, 2.75) is 11.2 Å². The molecule has 0 saturated carbocycles. The van der Waals surface area contributed by atoms with Crippen LogP contribution in [0, 0.1) is 5.82 Å². The highest BCUT2D eigenvalue weighted by atomic mass is 32.2. The third-order valence-electron chi connectivity index (χ3n) is 3.26. The van der Waals surface area contributed by atoms with Gasteiger partial charge in [0.05, 0.1) is 11.8 Å². The smallest absolute Gasteiger partial charge is 0.341 e. The molecule has 0 aliphatic carbocycles. The lowest BCUT2D eigenvalue weighted by atomic mass is 10.1. The fourth-order valence-corrected chi connectivity index (χ4v) is 2.82. The van der Waals surface area contributed by atoms with Crippen LogP contribution in [0.5, 0.6) is 0 Å². The number of amides is 1. The Labute approximate surface area is 129 Å². The molecule has 1 fully saturated rings. The summed E-state index contributed by atoms with van der Waals surface area (Å²) in [6.07, 6.45) is 0. The number of aromatic nitrogens is 3. The number of rotatable bonds is 5. The van der Waals surface area contributed by atoms with Crippen molar-refractivity contribution in [1.82, 2.24) is 20.1 Å². The van der Waals surface area contributed by atoms with Gasteiger partial charge in [-0.15, -0.1) is 5.10 Å². The summed E-state index contributed by atoms with van der Waals surface area (Å²) in [4.78, 5) is 27.0. The number of benzene rings is 1. The van der Waals surface area contributed by atoms with Gasteiger partial charge in [-0.25, -0.2) is 14.3 Å². The minimum atomic E-state index is -0.387. The van der Waals surface area contributed by atoms with E-state index in [1.807, 2.05) is 0 Å². The van der Waals surface area contributed by atoms with Crippen molar-refractivity contribution in [1.29, 1.82) is 0 Å². The second-order valence-corrected chi connectivity index (χ2v) is 5.88. The number of likely N-dealkylation sites (tertiary alicyclic amines) is 1. The summed E-state index contributed by atoms with van der Waals surface area (Å²) in [6.45, 7) is 1.21. The van der Waals surface area contributed by atoms with E-state index in [1.54, 1.807) is 17.0 Å². The summed E-state index contributed by atoms with van der Waals surface area (Å²) in [7, 11) is 0. The molecular formula is C13H14FN5O2S. The molecule has 1 aliphatic rings. The highest BCUT2D eigenvalue weighted by Crippen LogP contribution is 2.18. The third kappa shape index (κ3) is 3.48. The van der Waals surface area contributed by atoms with Gasteiger partial charge in [-0.1, -0.05) is 11.8 Å². The first kappa shape index (κ1) is 14.6. The first-order valence-corrected chi connectivity index (χ1v) is 7.66. The number of nitrogens with one attached hydrogen (secondary N) is 3. The van der Waals surface area contributed by atoms with Crippen molar-refractivity contribution in [2.24, 2.45) is 0 Å². The van der Waals surface area contributed by atoms with E-state index >= 15 is 0 Å². The Bertz CT molecular complexity index is 708. The maximum atomic E-state index is 12.8. The van der Waals surface area contributed by atoms with E-state index in [9.17, 15) is 14.0 Å². The molecule has 3 N–H and O–H groups in total. The molecule has 0 radical (unpaired) electrons. The monoisotopic (exact) mass is 323 g/mol. The molecule has 116 valence electrons. The SMILES string of the molecule is O=C(CSc1n[nH]c(=O)[nH]1)N1CC(Nc2ccc(F)cc2)C1. The van der Waals surface area contributed by atoms with Crippen LogP contribution in [-0.2, 0) is 4.79 Å². The van der Waals surface area contributed by atoms with Crippen LogP contribution in [0.25, 0.3) is 0 Å². The van der Waals surface area contributed by atoms with E-state index in [0.717, 1.165) is 5.69 Å². The second-order valence-electron chi connectivity index (χ2n) is 4.92. The molecule has 0 unspecified atom stereocenters. The fourth-order valence-electron chi connectivity index (χ4n) is 2.10. The first-order valence-electron chi connectivity index (χ1n) is 6.67. The Balaban J connectivity index is 1.41. The fraction of sp³-hybridized carbons (Fsp3) is 0.308.